The average molecular weight is 401 g/mol. The Morgan fingerprint density at radius 3 is 2.28 bits per heavy atom. The molecule has 3 unspecified atom stereocenters. The van der Waals surface area contributed by atoms with E-state index < -0.39 is 0 Å². The van der Waals surface area contributed by atoms with Gasteiger partial charge in [0.1, 0.15) is 5.75 Å². The summed E-state index contributed by atoms with van der Waals surface area (Å²) in [4.78, 5) is 0. The molecule has 1 aromatic rings. The van der Waals surface area contributed by atoms with E-state index in [4.69, 9.17) is 9.47 Å². The van der Waals surface area contributed by atoms with Crippen LogP contribution in [0.2, 0.25) is 0 Å². The van der Waals surface area contributed by atoms with Crippen LogP contribution in [0.4, 0.5) is 0 Å². The lowest BCUT2D eigenvalue weighted by atomic mass is 9.80. The third-order valence-corrected chi connectivity index (χ3v) is 7.25. The smallest absolute Gasteiger partial charge is 0.202 e. The minimum absolute atomic E-state index is 0.0876. The van der Waals surface area contributed by atoms with Gasteiger partial charge < -0.3 is 9.47 Å². The van der Waals surface area contributed by atoms with Gasteiger partial charge in [-0.15, -0.1) is 0 Å². The zero-order valence-corrected chi connectivity index (χ0v) is 19.2. The number of rotatable bonds is 10. The minimum atomic E-state index is -0.0876. The van der Waals surface area contributed by atoms with Gasteiger partial charge in [0.2, 0.25) is 6.29 Å². The fourth-order valence-corrected chi connectivity index (χ4v) is 5.15. The van der Waals surface area contributed by atoms with Crippen LogP contribution in [0.15, 0.2) is 24.3 Å². The maximum Gasteiger partial charge on any atom is 0.202 e. The van der Waals surface area contributed by atoms with Crippen LogP contribution in [0, 0.1) is 23.7 Å². The highest BCUT2D eigenvalue weighted by atomic mass is 16.7. The van der Waals surface area contributed by atoms with Crippen molar-refractivity contribution in [1.29, 1.82) is 0 Å². The zero-order chi connectivity index (χ0) is 20.5. The molecular weight excluding hydrogens is 356 g/mol. The Morgan fingerprint density at radius 2 is 1.59 bits per heavy atom. The standard InChI is InChI=1S/C27H44O2/c1-21(2)13-14-24-15-17-25(18-16-24)29-27(26-12-8-7-9-22(26)3)28-20-19-23-10-5-4-6-11-23/h15-18,21-23,26-27H,4-14,19-20H2,1-3H3. The Hall–Kier alpha value is -1.02. The molecule has 2 aliphatic carbocycles. The van der Waals surface area contributed by atoms with Crippen molar-refractivity contribution in [2.75, 3.05) is 6.61 Å². The highest BCUT2D eigenvalue weighted by Crippen LogP contribution is 2.35. The topological polar surface area (TPSA) is 18.5 Å². The van der Waals surface area contributed by atoms with Crippen LogP contribution in [0.1, 0.15) is 97.0 Å². The van der Waals surface area contributed by atoms with E-state index in [1.165, 1.54) is 76.2 Å². The Balaban J connectivity index is 1.56. The van der Waals surface area contributed by atoms with Gasteiger partial charge in [0.25, 0.3) is 0 Å². The van der Waals surface area contributed by atoms with Gasteiger partial charge in [-0.25, -0.2) is 0 Å². The van der Waals surface area contributed by atoms with E-state index in [2.05, 4.69) is 45.0 Å². The fourth-order valence-electron chi connectivity index (χ4n) is 5.15. The molecule has 0 aliphatic heterocycles. The summed E-state index contributed by atoms with van der Waals surface area (Å²) in [7, 11) is 0. The second-order valence-electron chi connectivity index (χ2n) is 10.2. The molecule has 2 saturated carbocycles. The van der Waals surface area contributed by atoms with E-state index in [9.17, 15) is 0 Å². The molecule has 2 aliphatic rings. The van der Waals surface area contributed by atoms with Gasteiger partial charge in [-0.2, -0.15) is 0 Å². The predicted molar refractivity (Wildman–Crippen MR) is 122 cm³/mol. The normalized spacial score (nSPS) is 24.6. The second-order valence-corrected chi connectivity index (χ2v) is 10.2. The van der Waals surface area contributed by atoms with E-state index in [-0.39, 0.29) is 6.29 Å². The van der Waals surface area contributed by atoms with Crippen LogP contribution >= 0.6 is 0 Å². The predicted octanol–water partition coefficient (Wildman–Crippen LogP) is 7.79. The van der Waals surface area contributed by atoms with Gasteiger partial charge in [-0.1, -0.05) is 84.3 Å². The van der Waals surface area contributed by atoms with Gasteiger partial charge in [0.15, 0.2) is 0 Å². The largest absolute Gasteiger partial charge is 0.465 e. The number of aryl methyl sites for hydroxylation is 1. The molecule has 29 heavy (non-hydrogen) atoms. The van der Waals surface area contributed by atoms with Crippen LogP contribution in [0.3, 0.4) is 0 Å². The Kier molecular flexibility index (Phi) is 9.36. The number of hydrogen-bond acceptors (Lipinski definition) is 2. The summed E-state index contributed by atoms with van der Waals surface area (Å²) in [5.74, 6) is 3.80. The third kappa shape index (κ3) is 7.63. The van der Waals surface area contributed by atoms with Gasteiger partial charge >= 0.3 is 0 Å². The van der Waals surface area contributed by atoms with Gasteiger partial charge in [0.05, 0.1) is 6.61 Å². The molecule has 0 N–H and O–H groups in total. The van der Waals surface area contributed by atoms with Crippen LogP contribution in [-0.2, 0) is 11.2 Å². The number of benzene rings is 1. The summed E-state index contributed by atoms with van der Waals surface area (Å²) >= 11 is 0. The van der Waals surface area contributed by atoms with Crippen molar-refractivity contribution in [1.82, 2.24) is 0 Å². The molecular formula is C27H44O2. The van der Waals surface area contributed by atoms with Gasteiger partial charge in [0, 0.05) is 5.92 Å². The van der Waals surface area contributed by atoms with Crippen molar-refractivity contribution in [3.05, 3.63) is 29.8 Å². The molecule has 1 aromatic carbocycles. The minimum Gasteiger partial charge on any atom is -0.465 e. The van der Waals surface area contributed by atoms with E-state index in [0.29, 0.717) is 11.8 Å². The summed E-state index contributed by atoms with van der Waals surface area (Å²) in [5, 5.41) is 0. The van der Waals surface area contributed by atoms with Crippen LogP contribution < -0.4 is 4.74 Å². The zero-order valence-electron chi connectivity index (χ0n) is 19.2. The van der Waals surface area contributed by atoms with E-state index >= 15 is 0 Å². The molecule has 0 aromatic heterocycles. The van der Waals surface area contributed by atoms with E-state index in [0.717, 1.165) is 30.6 Å². The molecule has 3 atom stereocenters. The fraction of sp³-hybridized carbons (Fsp3) is 0.778. The highest BCUT2D eigenvalue weighted by molar-refractivity contribution is 5.27. The summed E-state index contributed by atoms with van der Waals surface area (Å²) < 4.78 is 12.9. The lowest BCUT2D eigenvalue weighted by molar-refractivity contribution is -0.137. The van der Waals surface area contributed by atoms with Crippen molar-refractivity contribution in [2.24, 2.45) is 23.7 Å². The van der Waals surface area contributed by atoms with Crippen molar-refractivity contribution in [2.45, 2.75) is 104 Å². The molecule has 0 heterocycles. The molecule has 0 radical (unpaired) electrons. The van der Waals surface area contributed by atoms with Crippen molar-refractivity contribution in [3.63, 3.8) is 0 Å². The quantitative estimate of drug-likeness (QED) is 0.373. The first kappa shape index (κ1) is 22.7. The second kappa shape index (κ2) is 12.0. The summed E-state index contributed by atoms with van der Waals surface area (Å²) in [6.45, 7) is 7.82. The van der Waals surface area contributed by atoms with Crippen LogP contribution in [0.5, 0.6) is 5.75 Å². The Labute approximate surface area is 179 Å². The molecule has 0 bridgehead atoms. The van der Waals surface area contributed by atoms with Gasteiger partial charge in [-0.05, 0) is 61.1 Å². The first-order valence-corrected chi connectivity index (χ1v) is 12.5. The molecule has 3 rings (SSSR count). The summed E-state index contributed by atoms with van der Waals surface area (Å²) in [6, 6.07) is 8.78. The molecule has 164 valence electrons. The maximum absolute atomic E-state index is 6.47. The van der Waals surface area contributed by atoms with Crippen molar-refractivity contribution in [3.8, 4) is 5.75 Å². The van der Waals surface area contributed by atoms with Gasteiger partial charge in [-0.3, -0.25) is 0 Å². The Morgan fingerprint density at radius 1 is 0.897 bits per heavy atom. The number of hydrogen-bond donors (Lipinski definition) is 0. The maximum atomic E-state index is 6.47. The average Bonchev–Trinajstić information content (AvgIpc) is 2.74. The lowest BCUT2D eigenvalue weighted by Gasteiger charge is -2.35. The highest BCUT2D eigenvalue weighted by Gasteiger charge is 2.31. The molecule has 0 saturated heterocycles. The summed E-state index contributed by atoms with van der Waals surface area (Å²) in [6.07, 6.45) is 15.8. The van der Waals surface area contributed by atoms with Crippen LogP contribution in [0.25, 0.3) is 0 Å². The summed E-state index contributed by atoms with van der Waals surface area (Å²) in [5.41, 5.74) is 1.41. The lowest BCUT2D eigenvalue weighted by Crippen LogP contribution is -2.36. The molecule has 2 heteroatoms. The number of ether oxygens (including phenoxy) is 2. The molecule has 0 spiro atoms. The Bertz CT molecular complexity index is 558. The monoisotopic (exact) mass is 400 g/mol. The molecule has 2 fully saturated rings. The third-order valence-electron chi connectivity index (χ3n) is 7.25. The SMILES string of the molecule is CC(C)CCc1ccc(OC(OCCC2CCCCC2)C2CCCCC2C)cc1. The first-order valence-electron chi connectivity index (χ1n) is 12.5. The first-order chi connectivity index (χ1) is 14.1. The van der Waals surface area contributed by atoms with Crippen molar-refractivity contribution >= 4 is 0 Å². The van der Waals surface area contributed by atoms with E-state index in [1.54, 1.807) is 0 Å². The van der Waals surface area contributed by atoms with Crippen molar-refractivity contribution < 1.29 is 9.47 Å². The van der Waals surface area contributed by atoms with E-state index in [1.807, 2.05) is 0 Å². The van der Waals surface area contributed by atoms with Crippen LogP contribution in [-0.4, -0.2) is 12.9 Å². The molecule has 0 amide bonds. The molecule has 2 nitrogen and oxygen atoms in total.